The SMILES string of the molecule is CCS(=O)(=O)Nc1ccc(C(=O)Nc2ccc(OC)cc2OC)cc1. The maximum absolute atomic E-state index is 12.4. The largest absolute Gasteiger partial charge is 0.497 e. The van der Waals surface area contributed by atoms with Gasteiger partial charge in [-0.05, 0) is 43.3 Å². The fraction of sp³-hybridized carbons (Fsp3) is 0.235. The van der Waals surface area contributed by atoms with Crippen LogP contribution in [0.2, 0.25) is 0 Å². The van der Waals surface area contributed by atoms with Gasteiger partial charge in [0.15, 0.2) is 0 Å². The Kier molecular flexibility index (Phi) is 5.87. The number of methoxy groups -OCH3 is 2. The van der Waals surface area contributed by atoms with Crippen LogP contribution in [0.3, 0.4) is 0 Å². The molecule has 134 valence electrons. The lowest BCUT2D eigenvalue weighted by atomic mass is 10.2. The molecule has 0 fully saturated rings. The monoisotopic (exact) mass is 364 g/mol. The highest BCUT2D eigenvalue weighted by Crippen LogP contribution is 2.29. The number of carbonyl (C=O) groups is 1. The summed E-state index contributed by atoms with van der Waals surface area (Å²) in [4.78, 5) is 12.4. The van der Waals surface area contributed by atoms with Crippen molar-refractivity contribution in [2.24, 2.45) is 0 Å². The van der Waals surface area contributed by atoms with Gasteiger partial charge in [0, 0.05) is 17.3 Å². The Morgan fingerprint density at radius 2 is 1.72 bits per heavy atom. The van der Waals surface area contributed by atoms with E-state index >= 15 is 0 Å². The number of benzene rings is 2. The number of nitrogens with one attached hydrogen (secondary N) is 2. The average Bonchev–Trinajstić information content (AvgIpc) is 2.62. The predicted molar refractivity (Wildman–Crippen MR) is 97.0 cm³/mol. The molecule has 0 aliphatic carbocycles. The summed E-state index contributed by atoms with van der Waals surface area (Å²) in [5.74, 6) is 0.725. The molecular formula is C17H20N2O5S. The van der Waals surface area contributed by atoms with Crippen LogP contribution in [0.5, 0.6) is 11.5 Å². The minimum Gasteiger partial charge on any atom is -0.497 e. The van der Waals surface area contributed by atoms with Crippen molar-refractivity contribution >= 4 is 27.3 Å². The van der Waals surface area contributed by atoms with Gasteiger partial charge < -0.3 is 14.8 Å². The molecule has 0 aliphatic rings. The average molecular weight is 364 g/mol. The highest BCUT2D eigenvalue weighted by molar-refractivity contribution is 7.92. The van der Waals surface area contributed by atoms with Crippen LogP contribution in [0, 0.1) is 0 Å². The van der Waals surface area contributed by atoms with Gasteiger partial charge >= 0.3 is 0 Å². The first-order chi connectivity index (χ1) is 11.9. The molecule has 1 amide bonds. The highest BCUT2D eigenvalue weighted by Gasteiger charge is 2.12. The van der Waals surface area contributed by atoms with E-state index in [0.29, 0.717) is 28.4 Å². The van der Waals surface area contributed by atoms with Gasteiger partial charge in [-0.3, -0.25) is 9.52 Å². The summed E-state index contributed by atoms with van der Waals surface area (Å²) in [6.07, 6.45) is 0. The minimum absolute atomic E-state index is 0.0213. The maximum atomic E-state index is 12.4. The number of anilines is 2. The molecule has 0 bridgehead atoms. The predicted octanol–water partition coefficient (Wildman–Crippen LogP) is 2.72. The Balaban J connectivity index is 2.14. The number of hydrogen-bond acceptors (Lipinski definition) is 5. The molecule has 2 N–H and O–H groups in total. The first kappa shape index (κ1) is 18.6. The summed E-state index contributed by atoms with van der Waals surface area (Å²) in [5, 5.41) is 2.75. The molecule has 2 aromatic rings. The fourth-order valence-corrected chi connectivity index (χ4v) is 2.68. The zero-order valence-corrected chi connectivity index (χ0v) is 15.0. The van der Waals surface area contributed by atoms with Crippen molar-refractivity contribution in [1.82, 2.24) is 0 Å². The van der Waals surface area contributed by atoms with Crippen LogP contribution in [-0.4, -0.2) is 34.3 Å². The van der Waals surface area contributed by atoms with E-state index in [9.17, 15) is 13.2 Å². The molecule has 7 nitrogen and oxygen atoms in total. The van der Waals surface area contributed by atoms with Crippen LogP contribution in [0.4, 0.5) is 11.4 Å². The Hall–Kier alpha value is -2.74. The van der Waals surface area contributed by atoms with Gasteiger partial charge in [-0.1, -0.05) is 0 Å². The number of sulfonamides is 1. The lowest BCUT2D eigenvalue weighted by Crippen LogP contribution is -2.15. The van der Waals surface area contributed by atoms with Gasteiger partial charge in [0.05, 0.1) is 25.7 Å². The normalized spacial score (nSPS) is 10.8. The summed E-state index contributed by atoms with van der Waals surface area (Å²) < 4.78 is 35.8. The van der Waals surface area contributed by atoms with Crippen LogP contribution in [0.25, 0.3) is 0 Å². The fourth-order valence-electron chi connectivity index (χ4n) is 2.04. The molecule has 0 spiro atoms. The van der Waals surface area contributed by atoms with Crippen molar-refractivity contribution in [1.29, 1.82) is 0 Å². The molecule has 0 aliphatic heterocycles. The molecule has 0 saturated heterocycles. The zero-order valence-electron chi connectivity index (χ0n) is 14.2. The summed E-state index contributed by atoms with van der Waals surface area (Å²) in [6.45, 7) is 1.55. The second kappa shape index (κ2) is 7.89. The molecule has 25 heavy (non-hydrogen) atoms. The molecule has 0 heterocycles. The van der Waals surface area contributed by atoms with Gasteiger partial charge in [-0.15, -0.1) is 0 Å². The van der Waals surface area contributed by atoms with E-state index in [1.807, 2.05) is 0 Å². The molecule has 8 heteroatoms. The van der Waals surface area contributed by atoms with Crippen LogP contribution >= 0.6 is 0 Å². The number of hydrogen-bond donors (Lipinski definition) is 2. The first-order valence-corrected chi connectivity index (χ1v) is 9.17. The molecule has 0 unspecified atom stereocenters. The van der Waals surface area contributed by atoms with Gasteiger partial charge in [-0.25, -0.2) is 8.42 Å². The number of carbonyl (C=O) groups excluding carboxylic acids is 1. The smallest absolute Gasteiger partial charge is 0.255 e. The minimum atomic E-state index is -3.35. The van der Waals surface area contributed by atoms with Crippen LogP contribution in [-0.2, 0) is 10.0 Å². The van der Waals surface area contributed by atoms with Crippen molar-refractivity contribution in [2.45, 2.75) is 6.92 Å². The lowest BCUT2D eigenvalue weighted by molar-refractivity contribution is 0.102. The third-order valence-corrected chi connectivity index (χ3v) is 4.76. The second-order valence-electron chi connectivity index (χ2n) is 5.10. The molecule has 0 aromatic heterocycles. The van der Waals surface area contributed by atoms with Gasteiger partial charge in [0.2, 0.25) is 10.0 Å². The topological polar surface area (TPSA) is 93.7 Å². The van der Waals surface area contributed by atoms with Gasteiger partial charge in [0.25, 0.3) is 5.91 Å². The summed E-state index contributed by atoms with van der Waals surface area (Å²) in [5.41, 5.74) is 1.29. The van der Waals surface area contributed by atoms with Crippen LogP contribution < -0.4 is 19.5 Å². The summed E-state index contributed by atoms with van der Waals surface area (Å²) in [6, 6.07) is 11.2. The molecule has 2 rings (SSSR count). The van der Waals surface area contributed by atoms with Crippen molar-refractivity contribution in [3.63, 3.8) is 0 Å². The molecule has 2 aromatic carbocycles. The van der Waals surface area contributed by atoms with E-state index in [4.69, 9.17) is 9.47 Å². The van der Waals surface area contributed by atoms with Crippen molar-refractivity contribution in [3.05, 3.63) is 48.0 Å². The zero-order chi connectivity index (χ0) is 18.4. The van der Waals surface area contributed by atoms with Crippen molar-refractivity contribution < 1.29 is 22.7 Å². The van der Waals surface area contributed by atoms with Gasteiger partial charge in [-0.2, -0.15) is 0 Å². The second-order valence-corrected chi connectivity index (χ2v) is 7.11. The van der Waals surface area contributed by atoms with Crippen LogP contribution in [0.1, 0.15) is 17.3 Å². The Bertz CT molecular complexity index is 848. The third kappa shape index (κ3) is 4.87. The van der Waals surface area contributed by atoms with E-state index in [1.54, 1.807) is 44.4 Å². The number of rotatable bonds is 7. The molecule has 0 radical (unpaired) electrons. The molecule has 0 atom stereocenters. The Morgan fingerprint density at radius 3 is 2.28 bits per heavy atom. The van der Waals surface area contributed by atoms with E-state index in [2.05, 4.69) is 10.0 Å². The first-order valence-electron chi connectivity index (χ1n) is 7.52. The van der Waals surface area contributed by atoms with Crippen molar-refractivity contribution in [3.8, 4) is 11.5 Å². The van der Waals surface area contributed by atoms with E-state index in [1.165, 1.54) is 19.2 Å². The number of ether oxygens (including phenoxy) is 2. The summed E-state index contributed by atoms with van der Waals surface area (Å²) >= 11 is 0. The Labute approximate surface area is 147 Å². The highest BCUT2D eigenvalue weighted by atomic mass is 32.2. The quantitative estimate of drug-likeness (QED) is 0.788. The van der Waals surface area contributed by atoms with Crippen molar-refractivity contribution in [2.75, 3.05) is 30.0 Å². The van der Waals surface area contributed by atoms with E-state index in [-0.39, 0.29) is 11.7 Å². The molecular weight excluding hydrogens is 344 g/mol. The maximum Gasteiger partial charge on any atom is 0.255 e. The van der Waals surface area contributed by atoms with E-state index in [0.717, 1.165) is 0 Å². The number of amides is 1. The molecule has 0 saturated carbocycles. The van der Waals surface area contributed by atoms with E-state index < -0.39 is 10.0 Å². The summed E-state index contributed by atoms with van der Waals surface area (Å²) in [7, 11) is -0.307. The Morgan fingerprint density at radius 1 is 1.04 bits per heavy atom. The third-order valence-electron chi connectivity index (χ3n) is 3.46. The lowest BCUT2D eigenvalue weighted by Gasteiger charge is -2.12. The van der Waals surface area contributed by atoms with Crippen LogP contribution in [0.15, 0.2) is 42.5 Å². The van der Waals surface area contributed by atoms with Gasteiger partial charge in [0.1, 0.15) is 11.5 Å². The standard InChI is InChI=1S/C17H20N2O5S/c1-4-25(21,22)19-13-7-5-12(6-8-13)17(20)18-15-10-9-14(23-2)11-16(15)24-3/h5-11,19H,4H2,1-3H3,(H,18,20).